The van der Waals surface area contributed by atoms with Gasteiger partial charge >= 0.3 is 0 Å². The number of anilines is 2. The summed E-state index contributed by atoms with van der Waals surface area (Å²) in [6.07, 6.45) is 3.63. The molecule has 1 saturated heterocycles. The largest absolute Gasteiger partial charge is 0.365 e. The minimum Gasteiger partial charge on any atom is -0.365 e. The van der Waals surface area contributed by atoms with E-state index in [-0.39, 0.29) is 5.54 Å². The van der Waals surface area contributed by atoms with Crippen molar-refractivity contribution in [1.29, 1.82) is 0 Å². The lowest BCUT2D eigenvalue weighted by Gasteiger charge is -2.33. The molecule has 0 atom stereocenters. The van der Waals surface area contributed by atoms with Crippen molar-refractivity contribution in [3.8, 4) is 0 Å². The van der Waals surface area contributed by atoms with Crippen LogP contribution in [0.2, 0.25) is 0 Å². The Kier molecular flexibility index (Phi) is 5.26. The van der Waals surface area contributed by atoms with Crippen molar-refractivity contribution in [3.63, 3.8) is 0 Å². The van der Waals surface area contributed by atoms with Crippen LogP contribution in [0.25, 0.3) is 0 Å². The van der Waals surface area contributed by atoms with E-state index in [9.17, 15) is 0 Å². The van der Waals surface area contributed by atoms with Gasteiger partial charge in [-0.3, -0.25) is 0 Å². The maximum atomic E-state index is 4.67. The van der Waals surface area contributed by atoms with E-state index in [0.29, 0.717) is 0 Å². The summed E-state index contributed by atoms with van der Waals surface area (Å²) in [7, 11) is 0. The minimum absolute atomic E-state index is 0.000735. The average Bonchev–Trinajstić information content (AvgIpc) is 2.54. The van der Waals surface area contributed by atoms with Crippen molar-refractivity contribution < 1.29 is 0 Å². The smallest absolute Gasteiger partial charge is 0.134 e. The maximum Gasteiger partial charge on any atom is 0.134 e. The molecule has 2 aromatic rings. The van der Waals surface area contributed by atoms with Gasteiger partial charge in [-0.15, -0.1) is 0 Å². The number of nitrogens with zero attached hydrogens (tertiary/aromatic N) is 3. The van der Waals surface area contributed by atoms with Crippen LogP contribution in [0.3, 0.4) is 0 Å². The molecular weight excluding hydrogens is 308 g/mol. The Morgan fingerprint density at radius 2 is 1.76 bits per heavy atom. The van der Waals surface area contributed by atoms with Gasteiger partial charge in [0.1, 0.15) is 17.5 Å². The first kappa shape index (κ1) is 17.7. The van der Waals surface area contributed by atoms with Crippen LogP contribution >= 0.6 is 0 Å². The van der Waals surface area contributed by atoms with Gasteiger partial charge in [0.2, 0.25) is 0 Å². The molecule has 2 heterocycles. The van der Waals surface area contributed by atoms with Crippen LogP contribution in [0.5, 0.6) is 0 Å². The molecule has 0 saturated carbocycles. The molecular formula is C21H30N4. The van der Waals surface area contributed by atoms with E-state index in [1.54, 1.807) is 0 Å². The standard InChI is InChI=1S/C21H30N4/c1-16-22-19(24-21(2,3)4)15-20(23-16)25-12-10-18(11-13-25)14-17-8-6-5-7-9-17/h5-9,15,18H,10-14H2,1-4H3,(H,22,23,24). The molecule has 3 rings (SSSR count). The highest BCUT2D eigenvalue weighted by Crippen LogP contribution is 2.26. The van der Waals surface area contributed by atoms with Crippen molar-refractivity contribution in [2.45, 2.75) is 52.5 Å². The summed E-state index contributed by atoms with van der Waals surface area (Å²) in [6, 6.07) is 12.9. The summed E-state index contributed by atoms with van der Waals surface area (Å²) >= 11 is 0. The number of aromatic nitrogens is 2. The number of piperidine rings is 1. The predicted octanol–water partition coefficient (Wildman–Crippen LogP) is 4.45. The Morgan fingerprint density at radius 3 is 2.40 bits per heavy atom. The van der Waals surface area contributed by atoms with Crippen molar-refractivity contribution in [2.75, 3.05) is 23.3 Å². The van der Waals surface area contributed by atoms with Gasteiger partial charge in [0, 0.05) is 24.7 Å². The van der Waals surface area contributed by atoms with Crippen LogP contribution in [0, 0.1) is 12.8 Å². The summed E-state index contributed by atoms with van der Waals surface area (Å²) in [6.45, 7) is 10.6. The Labute approximate surface area is 151 Å². The molecule has 0 aliphatic carbocycles. The number of benzene rings is 1. The average molecular weight is 338 g/mol. The first-order valence-corrected chi connectivity index (χ1v) is 9.32. The SMILES string of the molecule is Cc1nc(NC(C)(C)C)cc(N2CCC(Cc3ccccc3)CC2)n1. The van der Waals surface area contributed by atoms with Crippen LogP contribution in [-0.4, -0.2) is 28.6 Å². The quantitative estimate of drug-likeness (QED) is 0.894. The number of aryl methyl sites for hydroxylation is 1. The fourth-order valence-electron chi connectivity index (χ4n) is 3.48. The molecule has 4 heteroatoms. The third kappa shape index (κ3) is 5.18. The second-order valence-electron chi connectivity index (χ2n) is 8.15. The lowest BCUT2D eigenvalue weighted by atomic mass is 9.90. The highest BCUT2D eigenvalue weighted by Gasteiger charge is 2.21. The lowest BCUT2D eigenvalue weighted by Crippen LogP contribution is -2.35. The minimum atomic E-state index is 0.000735. The van der Waals surface area contributed by atoms with E-state index in [0.717, 1.165) is 36.5 Å². The number of hydrogen-bond acceptors (Lipinski definition) is 4. The van der Waals surface area contributed by atoms with E-state index in [2.05, 4.69) is 77.4 Å². The Morgan fingerprint density at radius 1 is 1.08 bits per heavy atom. The lowest BCUT2D eigenvalue weighted by molar-refractivity contribution is 0.402. The van der Waals surface area contributed by atoms with Gasteiger partial charge in [0.25, 0.3) is 0 Å². The van der Waals surface area contributed by atoms with Gasteiger partial charge < -0.3 is 10.2 Å². The Hall–Kier alpha value is -2.10. The van der Waals surface area contributed by atoms with Crippen molar-refractivity contribution >= 4 is 11.6 Å². The van der Waals surface area contributed by atoms with Gasteiger partial charge in [-0.1, -0.05) is 30.3 Å². The van der Waals surface area contributed by atoms with Crippen LogP contribution in [0.15, 0.2) is 36.4 Å². The van der Waals surface area contributed by atoms with E-state index < -0.39 is 0 Å². The fraction of sp³-hybridized carbons (Fsp3) is 0.524. The van der Waals surface area contributed by atoms with E-state index in [1.807, 2.05) is 6.92 Å². The second kappa shape index (κ2) is 7.42. The first-order chi connectivity index (χ1) is 11.9. The monoisotopic (exact) mass is 338 g/mol. The normalized spacial score (nSPS) is 16.1. The Bertz CT molecular complexity index is 683. The molecule has 0 unspecified atom stereocenters. The molecule has 1 aromatic heterocycles. The molecule has 0 spiro atoms. The zero-order chi connectivity index (χ0) is 17.9. The molecule has 25 heavy (non-hydrogen) atoms. The molecule has 134 valence electrons. The van der Waals surface area contributed by atoms with Crippen LogP contribution in [0.4, 0.5) is 11.6 Å². The predicted molar refractivity (Wildman–Crippen MR) is 105 cm³/mol. The molecule has 1 aliphatic heterocycles. The second-order valence-corrected chi connectivity index (χ2v) is 8.15. The van der Waals surface area contributed by atoms with Crippen LogP contribution in [0.1, 0.15) is 45.0 Å². The van der Waals surface area contributed by atoms with E-state index >= 15 is 0 Å². The molecule has 1 N–H and O–H groups in total. The summed E-state index contributed by atoms with van der Waals surface area (Å²) in [5, 5.41) is 3.47. The van der Waals surface area contributed by atoms with Gasteiger partial charge in [0.05, 0.1) is 0 Å². The maximum absolute atomic E-state index is 4.67. The number of hydrogen-bond donors (Lipinski definition) is 1. The Balaban J connectivity index is 1.62. The van der Waals surface area contributed by atoms with Gasteiger partial charge in [0.15, 0.2) is 0 Å². The topological polar surface area (TPSA) is 41.1 Å². The first-order valence-electron chi connectivity index (χ1n) is 9.32. The van der Waals surface area contributed by atoms with Crippen molar-refractivity contribution in [3.05, 3.63) is 47.8 Å². The summed E-state index contributed by atoms with van der Waals surface area (Å²) in [4.78, 5) is 11.6. The zero-order valence-electron chi connectivity index (χ0n) is 15.9. The van der Waals surface area contributed by atoms with Crippen molar-refractivity contribution in [2.24, 2.45) is 5.92 Å². The van der Waals surface area contributed by atoms with Gasteiger partial charge in [-0.25, -0.2) is 9.97 Å². The summed E-state index contributed by atoms with van der Waals surface area (Å²) in [5.74, 6) is 3.57. The van der Waals surface area contributed by atoms with E-state index in [1.165, 1.54) is 24.8 Å². The van der Waals surface area contributed by atoms with Crippen LogP contribution in [-0.2, 0) is 6.42 Å². The fourth-order valence-corrected chi connectivity index (χ4v) is 3.48. The molecule has 4 nitrogen and oxygen atoms in total. The molecule has 0 amide bonds. The van der Waals surface area contributed by atoms with Gasteiger partial charge in [-0.05, 0) is 58.4 Å². The van der Waals surface area contributed by atoms with E-state index in [4.69, 9.17) is 0 Å². The highest BCUT2D eigenvalue weighted by molar-refractivity contribution is 5.50. The molecule has 0 radical (unpaired) electrons. The summed E-state index contributed by atoms with van der Waals surface area (Å²) < 4.78 is 0. The highest BCUT2D eigenvalue weighted by atomic mass is 15.2. The third-order valence-corrected chi connectivity index (χ3v) is 4.63. The molecule has 1 aromatic carbocycles. The summed E-state index contributed by atoms with van der Waals surface area (Å²) in [5.41, 5.74) is 1.45. The number of rotatable bonds is 4. The van der Waals surface area contributed by atoms with Crippen molar-refractivity contribution in [1.82, 2.24) is 9.97 Å². The molecule has 0 bridgehead atoms. The number of nitrogens with one attached hydrogen (secondary N) is 1. The molecule has 1 fully saturated rings. The van der Waals surface area contributed by atoms with Gasteiger partial charge in [-0.2, -0.15) is 0 Å². The zero-order valence-corrected chi connectivity index (χ0v) is 15.9. The molecule has 1 aliphatic rings. The van der Waals surface area contributed by atoms with Crippen LogP contribution < -0.4 is 10.2 Å². The third-order valence-electron chi connectivity index (χ3n) is 4.63.